The van der Waals surface area contributed by atoms with E-state index in [2.05, 4.69) is 35.4 Å². The number of likely N-dealkylation sites (N-methyl/N-ethyl adjacent to an activating group) is 1. The molecular formula is C27H33N3O3S. The molecule has 34 heavy (non-hydrogen) atoms. The summed E-state index contributed by atoms with van der Waals surface area (Å²) in [5.41, 5.74) is 3.87. The van der Waals surface area contributed by atoms with Gasteiger partial charge >= 0.3 is 0 Å². The van der Waals surface area contributed by atoms with Crippen LogP contribution in [0.2, 0.25) is 0 Å². The smallest absolute Gasteiger partial charge is 0.252 e. The molecule has 0 saturated carbocycles. The van der Waals surface area contributed by atoms with Gasteiger partial charge in [0.15, 0.2) is 0 Å². The maximum atomic E-state index is 13.4. The molecule has 1 fully saturated rings. The Morgan fingerprint density at radius 3 is 2.59 bits per heavy atom. The number of carbonyl (C=O) groups is 1. The molecular weight excluding hydrogens is 446 g/mol. The minimum Gasteiger partial charge on any atom is -0.497 e. The van der Waals surface area contributed by atoms with Crippen LogP contribution in [0.1, 0.15) is 18.4 Å². The Kier molecular flexibility index (Phi) is 8.08. The molecule has 180 valence electrons. The minimum absolute atomic E-state index is 0.0675. The number of thioether (sulfide) groups is 1. The maximum Gasteiger partial charge on any atom is 0.252 e. The topological polar surface area (TPSA) is 54.9 Å². The molecule has 0 radical (unpaired) electrons. The predicted octanol–water partition coefficient (Wildman–Crippen LogP) is 4.70. The minimum atomic E-state index is -0.343. The van der Waals surface area contributed by atoms with Gasteiger partial charge in [-0.2, -0.15) is 0 Å². The van der Waals surface area contributed by atoms with Crippen molar-refractivity contribution in [2.24, 2.45) is 0 Å². The summed E-state index contributed by atoms with van der Waals surface area (Å²) in [6.45, 7) is 2.57. The number of pyridine rings is 1. The van der Waals surface area contributed by atoms with Gasteiger partial charge in [-0.05, 0) is 81.2 Å². The Labute approximate surface area is 206 Å². The summed E-state index contributed by atoms with van der Waals surface area (Å²) in [7, 11) is 5.72. The van der Waals surface area contributed by atoms with Crippen LogP contribution in [0.3, 0.4) is 0 Å². The van der Waals surface area contributed by atoms with E-state index in [0.29, 0.717) is 19.7 Å². The number of ether oxygens (including phenoxy) is 2. The number of methoxy groups -OCH3 is 1. The van der Waals surface area contributed by atoms with Gasteiger partial charge in [0, 0.05) is 42.1 Å². The number of rotatable bonds is 9. The second kappa shape index (κ2) is 11.2. The van der Waals surface area contributed by atoms with Crippen molar-refractivity contribution in [1.82, 2.24) is 14.8 Å². The van der Waals surface area contributed by atoms with E-state index in [0.717, 1.165) is 52.9 Å². The number of hydrogen-bond acceptors (Lipinski definition) is 6. The van der Waals surface area contributed by atoms with Gasteiger partial charge in [-0.1, -0.05) is 6.07 Å². The fourth-order valence-electron chi connectivity index (χ4n) is 4.21. The van der Waals surface area contributed by atoms with Gasteiger partial charge in [0.25, 0.3) is 5.91 Å². The lowest BCUT2D eigenvalue weighted by Crippen LogP contribution is -2.42. The van der Waals surface area contributed by atoms with Crippen LogP contribution in [0.15, 0.2) is 53.4 Å². The normalized spacial score (nSPS) is 15.7. The third-order valence-corrected chi connectivity index (χ3v) is 6.89. The third-order valence-electron chi connectivity index (χ3n) is 6.16. The molecule has 1 saturated heterocycles. The van der Waals surface area contributed by atoms with Gasteiger partial charge in [-0.3, -0.25) is 4.79 Å². The van der Waals surface area contributed by atoms with E-state index in [1.807, 2.05) is 43.3 Å². The van der Waals surface area contributed by atoms with Crippen molar-refractivity contribution in [1.29, 1.82) is 0 Å². The first-order chi connectivity index (χ1) is 16.5. The summed E-state index contributed by atoms with van der Waals surface area (Å²) in [5.74, 6) is 0.870. The van der Waals surface area contributed by atoms with Gasteiger partial charge in [0.2, 0.25) is 0 Å². The summed E-state index contributed by atoms with van der Waals surface area (Å²) in [5, 5.41) is 1.07. The molecule has 6 nitrogen and oxygen atoms in total. The van der Waals surface area contributed by atoms with Crippen LogP contribution in [0, 0.1) is 0 Å². The summed E-state index contributed by atoms with van der Waals surface area (Å²) in [6, 6.07) is 16.5. The lowest BCUT2D eigenvalue weighted by molar-refractivity contribution is -0.141. The molecule has 2 aromatic carbocycles. The van der Waals surface area contributed by atoms with Crippen molar-refractivity contribution in [2.75, 3.05) is 47.2 Å². The monoisotopic (exact) mass is 479 g/mol. The number of carbonyl (C=O) groups excluding carboxylic acids is 1. The summed E-state index contributed by atoms with van der Waals surface area (Å²) >= 11 is 1.70. The van der Waals surface area contributed by atoms with E-state index >= 15 is 0 Å². The fraction of sp³-hybridized carbons (Fsp3) is 0.407. The molecule has 0 aliphatic carbocycles. The molecule has 1 aromatic heterocycles. The van der Waals surface area contributed by atoms with Gasteiger partial charge in [-0.25, -0.2) is 4.98 Å². The molecule has 1 amide bonds. The van der Waals surface area contributed by atoms with Gasteiger partial charge < -0.3 is 19.3 Å². The highest BCUT2D eigenvalue weighted by Gasteiger charge is 2.29. The molecule has 1 aliphatic rings. The van der Waals surface area contributed by atoms with Crippen molar-refractivity contribution in [3.05, 3.63) is 54.1 Å². The number of benzene rings is 2. The van der Waals surface area contributed by atoms with Crippen LogP contribution in [0.25, 0.3) is 22.2 Å². The Morgan fingerprint density at radius 1 is 1.15 bits per heavy atom. The Hall–Kier alpha value is -2.61. The lowest BCUT2D eigenvalue weighted by Gasteiger charge is -2.27. The molecule has 2 heterocycles. The first-order valence-corrected chi connectivity index (χ1v) is 12.9. The van der Waals surface area contributed by atoms with E-state index in [9.17, 15) is 4.79 Å². The zero-order valence-electron chi connectivity index (χ0n) is 20.4. The van der Waals surface area contributed by atoms with Crippen molar-refractivity contribution < 1.29 is 14.3 Å². The SMILES string of the molecule is COc1ccc(-c2nc3cc(SC)ccc3cc2CN(CCN(C)C)C(=O)[C@@H]2CCCO2)cc1. The summed E-state index contributed by atoms with van der Waals surface area (Å²) in [6.07, 6.45) is 3.45. The van der Waals surface area contributed by atoms with Crippen LogP contribution >= 0.6 is 11.8 Å². The predicted molar refractivity (Wildman–Crippen MR) is 138 cm³/mol. The highest BCUT2D eigenvalue weighted by atomic mass is 32.2. The Bertz CT molecular complexity index is 1130. The standard InChI is InChI=1S/C27H33N3O3S/c1-29(2)13-14-30(27(31)25-6-5-15-33-25)18-21-16-20-9-12-23(34-4)17-24(20)28-26(21)19-7-10-22(32-3)11-8-19/h7-12,16-17,25H,5-6,13-15,18H2,1-4H3/t25-/m0/s1. The van der Waals surface area contributed by atoms with Crippen LogP contribution < -0.4 is 4.74 Å². The number of aromatic nitrogens is 1. The van der Waals surface area contributed by atoms with Gasteiger partial charge in [-0.15, -0.1) is 11.8 Å². The number of nitrogens with zero attached hydrogens (tertiary/aromatic N) is 3. The van der Waals surface area contributed by atoms with Crippen LogP contribution in [0.5, 0.6) is 5.75 Å². The van der Waals surface area contributed by atoms with Crippen molar-refractivity contribution in [2.45, 2.75) is 30.4 Å². The van der Waals surface area contributed by atoms with E-state index < -0.39 is 0 Å². The fourth-order valence-corrected chi connectivity index (χ4v) is 4.64. The zero-order valence-corrected chi connectivity index (χ0v) is 21.2. The molecule has 0 unspecified atom stereocenters. The number of hydrogen-bond donors (Lipinski definition) is 0. The second-order valence-corrected chi connectivity index (χ2v) is 9.73. The van der Waals surface area contributed by atoms with Crippen LogP contribution in [-0.4, -0.2) is 74.0 Å². The molecule has 0 bridgehead atoms. The van der Waals surface area contributed by atoms with Crippen LogP contribution in [0.4, 0.5) is 0 Å². The Balaban J connectivity index is 1.75. The van der Waals surface area contributed by atoms with Gasteiger partial charge in [0.05, 0.1) is 18.3 Å². The molecule has 7 heteroatoms. The first-order valence-electron chi connectivity index (χ1n) is 11.7. The molecule has 0 N–H and O–H groups in total. The largest absolute Gasteiger partial charge is 0.497 e. The summed E-state index contributed by atoms with van der Waals surface area (Å²) < 4.78 is 11.1. The van der Waals surface area contributed by atoms with Gasteiger partial charge in [0.1, 0.15) is 11.9 Å². The van der Waals surface area contributed by atoms with Crippen LogP contribution in [-0.2, 0) is 16.1 Å². The second-order valence-electron chi connectivity index (χ2n) is 8.85. The molecule has 1 aliphatic heterocycles. The molecule has 4 rings (SSSR count). The average molecular weight is 480 g/mol. The number of fused-ring (bicyclic) bond motifs is 1. The quantitative estimate of drug-likeness (QED) is 0.415. The average Bonchev–Trinajstić information content (AvgIpc) is 3.40. The van der Waals surface area contributed by atoms with E-state index in [1.54, 1.807) is 18.9 Å². The molecule has 1 atom stereocenters. The molecule has 0 spiro atoms. The molecule has 3 aromatic rings. The van der Waals surface area contributed by atoms with Crippen molar-refractivity contribution in [3.63, 3.8) is 0 Å². The van der Waals surface area contributed by atoms with Crippen molar-refractivity contribution in [3.8, 4) is 17.0 Å². The van der Waals surface area contributed by atoms with E-state index in [-0.39, 0.29) is 12.0 Å². The zero-order chi connectivity index (χ0) is 24.1. The Morgan fingerprint density at radius 2 is 1.94 bits per heavy atom. The number of amides is 1. The highest BCUT2D eigenvalue weighted by Crippen LogP contribution is 2.30. The summed E-state index contributed by atoms with van der Waals surface area (Å²) in [4.78, 5) is 23.7. The highest BCUT2D eigenvalue weighted by molar-refractivity contribution is 7.98. The van der Waals surface area contributed by atoms with Crippen molar-refractivity contribution >= 4 is 28.6 Å². The first kappa shape index (κ1) is 24.5. The van der Waals surface area contributed by atoms with E-state index in [1.165, 1.54) is 4.90 Å². The van der Waals surface area contributed by atoms with E-state index in [4.69, 9.17) is 14.5 Å². The lowest BCUT2D eigenvalue weighted by atomic mass is 10.0. The maximum absolute atomic E-state index is 13.4. The third kappa shape index (κ3) is 5.71.